The Labute approximate surface area is 105 Å². The van der Waals surface area contributed by atoms with Gasteiger partial charge in [-0.3, -0.25) is 4.79 Å². The van der Waals surface area contributed by atoms with Crippen LogP contribution in [0.4, 0.5) is 5.82 Å². The normalized spacial score (nSPS) is 12.3. The highest BCUT2D eigenvalue weighted by Crippen LogP contribution is 2.29. The number of Topliss-reactive ketones (excluding diaryl/α,β-unsaturated/α-hetero) is 1. The summed E-state index contributed by atoms with van der Waals surface area (Å²) in [6.45, 7) is 0. The molecule has 0 radical (unpaired) electrons. The fraction of sp³-hybridized carbons (Fsp3) is 0.0909. The number of aromatic nitrogens is 1. The summed E-state index contributed by atoms with van der Waals surface area (Å²) < 4.78 is 0. The molecule has 0 bridgehead atoms. The molecule has 0 aliphatic heterocycles. The standard InChI is InChI=1S/C11H9BrN2OS/c12-10(7-3-4-14-9(13)6-7)11(15)8-2-1-5-16-8/h1-6,10H,(H2,13,14)/t10-/m0/s1. The lowest BCUT2D eigenvalue weighted by Crippen LogP contribution is -2.06. The molecule has 0 unspecified atom stereocenters. The number of anilines is 1. The molecule has 3 nitrogen and oxygen atoms in total. The Morgan fingerprint density at radius 2 is 2.31 bits per heavy atom. The highest BCUT2D eigenvalue weighted by Gasteiger charge is 2.19. The van der Waals surface area contributed by atoms with Gasteiger partial charge in [0.2, 0.25) is 0 Å². The van der Waals surface area contributed by atoms with Crippen LogP contribution in [0.3, 0.4) is 0 Å². The van der Waals surface area contributed by atoms with Crippen LogP contribution in [0.2, 0.25) is 0 Å². The second-order valence-electron chi connectivity index (χ2n) is 3.22. The van der Waals surface area contributed by atoms with Crippen LogP contribution >= 0.6 is 27.3 Å². The zero-order chi connectivity index (χ0) is 11.5. The van der Waals surface area contributed by atoms with E-state index < -0.39 is 0 Å². The van der Waals surface area contributed by atoms with Gasteiger partial charge in [-0.2, -0.15) is 0 Å². The van der Waals surface area contributed by atoms with Crippen LogP contribution in [-0.4, -0.2) is 10.8 Å². The van der Waals surface area contributed by atoms with Crippen molar-refractivity contribution >= 4 is 38.9 Å². The van der Waals surface area contributed by atoms with Gasteiger partial charge in [-0.05, 0) is 29.1 Å². The van der Waals surface area contributed by atoms with Crippen LogP contribution in [0.5, 0.6) is 0 Å². The lowest BCUT2D eigenvalue weighted by molar-refractivity contribution is 0.0995. The van der Waals surface area contributed by atoms with Crippen LogP contribution in [0.1, 0.15) is 20.1 Å². The third-order valence-electron chi connectivity index (χ3n) is 2.09. The molecule has 0 aliphatic rings. The summed E-state index contributed by atoms with van der Waals surface area (Å²) in [5.41, 5.74) is 6.40. The minimum Gasteiger partial charge on any atom is -0.384 e. The molecule has 16 heavy (non-hydrogen) atoms. The quantitative estimate of drug-likeness (QED) is 0.700. The molecule has 2 aromatic heterocycles. The third kappa shape index (κ3) is 2.31. The zero-order valence-corrected chi connectivity index (χ0v) is 10.7. The Morgan fingerprint density at radius 1 is 1.50 bits per heavy atom. The van der Waals surface area contributed by atoms with Gasteiger partial charge in [0.1, 0.15) is 10.6 Å². The van der Waals surface area contributed by atoms with Crippen molar-refractivity contribution in [1.29, 1.82) is 0 Å². The molecule has 0 saturated heterocycles. The van der Waals surface area contributed by atoms with E-state index in [4.69, 9.17) is 5.73 Å². The average molecular weight is 297 g/mol. The maximum Gasteiger partial charge on any atom is 0.190 e. The van der Waals surface area contributed by atoms with E-state index in [1.165, 1.54) is 11.3 Å². The Balaban J connectivity index is 2.26. The summed E-state index contributed by atoms with van der Waals surface area (Å²) in [4.78, 5) is 16.3. The van der Waals surface area contributed by atoms with Gasteiger partial charge in [0.25, 0.3) is 0 Å². The highest BCUT2D eigenvalue weighted by atomic mass is 79.9. The molecule has 0 saturated carbocycles. The number of nitrogen functional groups attached to an aromatic ring is 1. The molecule has 2 heterocycles. The maximum absolute atomic E-state index is 12.0. The molecule has 0 fully saturated rings. The number of halogens is 1. The molecule has 0 spiro atoms. The summed E-state index contributed by atoms with van der Waals surface area (Å²) in [5, 5.41) is 1.88. The summed E-state index contributed by atoms with van der Waals surface area (Å²) in [6, 6.07) is 7.15. The van der Waals surface area contributed by atoms with E-state index in [9.17, 15) is 4.79 Å². The maximum atomic E-state index is 12.0. The second kappa shape index (κ2) is 4.76. The molecular weight excluding hydrogens is 288 g/mol. The summed E-state index contributed by atoms with van der Waals surface area (Å²) >= 11 is 4.81. The number of hydrogen-bond donors (Lipinski definition) is 1. The minimum atomic E-state index is -0.364. The molecule has 5 heteroatoms. The first kappa shape index (κ1) is 11.3. The van der Waals surface area contributed by atoms with Crippen LogP contribution in [0.15, 0.2) is 35.8 Å². The van der Waals surface area contributed by atoms with Crippen molar-refractivity contribution in [1.82, 2.24) is 4.98 Å². The third-order valence-corrected chi connectivity index (χ3v) is 3.92. The van der Waals surface area contributed by atoms with Gasteiger partial charge in [-0.1, -0.05) is 22.0 Å². The van der Waals surface area contributed by atoms with Gasteiger partial charge in [0, 0.05) is 6.20 Å². The lowest BCUT2D eigenvalue weighted by Gasteiger charge is -2.07. The highest BCUT2D eigenvalue weighted by molar-refractivity contribution is 9.09. The molecule has 2 rings (SSSR count). The summed E-state index contributed by atoms with van der Waals surface area (Å²) in [5.74, 6) is 0.460. The molecule has 0 aromatic carbocycles. The summed E-state index contributed by atoms with van der Waals surface area (Å²) in [7, 11) is 0. The van der Waals surface area contributed by atoms with E-state index in [0.29, 0.717) is 5.82 Å². The molecule has 0 amide bonds. The number of pyridine rings is 1. The van der Waals surface area contributed by atoms with Crippen molar-refractivity contribution in [3.63, 3.8) is 0 Å². The Hall–Kier alpha value is -1.20. The van der Waals surface area contributed by atoms with Gasteiger partial charge in [-0.15, -0.1) is 11.3 Å². The monoisotopic (exact) mass is 296 g/mol. The number of thiophene rings is 1. The minimum absolute atomic E-state index is 0.0422. The van der Waals surface area contributed by atoms with Crippen molar-refractivity contribution in [2.24, 2.45) is 0 Å². The fourth-order valence-corrected chi connectivity index (χ4v) is 2.70. The molecule has 0 aliphatic carbocycles. The van der Waals surface area contributed by atoms with Crippen molar-refractivity contribution in [3.05, 3.63) is 46.3 Å². The SMILES string of the molecule is Nc1cc([C@H](Br)C(=O)c2cccs2)ccn1. The van der Waals surface area contributed by atoms with E-state index in [-0.39, 0.29) is 10.6 Å². The lowest BCUT2D eigenvalue weighted by atomic mass is 10.1. The van der Waals surface area contributed by atoms with E-state index in [2.05, 4.69) is 20.9 Å². The largest absolute Gasteiger partial charge is 0.384 e. The number of hydrogen-bond acceptors (Lipinski definition) is 4. The van der Waals surface area contributed by atoms with Crippen LogP contribution in [-0.2, 0) is 0 Å². The van der Waals surface area contributed by atoms with Crippen molar-refractivity contribution in [3.8, 4) is 0 Å². The number of alkyl halides is 1. The number of rotatable bonds is 3. The molecular formula is C11H9BrN2OS. The van der Waals surface area contributed by atoms with Crippen LogP contribution in [0.25, 0.3) is 0 Å². The fourth-order valence-electron chi connectivity index (χ4n) is 1.32. The number of carbonyl (C=O) groups excluding carboxylic acids is 1. The van der Waals surface area contributed by atoms with Gasteiger partial charge in [-0.25, -0.2) is 4.98 Å². The zero-order valence-electron chi connectivity index (χ0n) is 8.26. The number of nitrogens with zero attached hydrogens (tertiary/aromatic N) is 1. The Kier molecular flexibility index (Phi) is 3.36. The van der Waals surface area contributed by atoms with Gasteiger partial charge in [0.05, 0.1) is 4.88 Å². The number of nitrogens with two attached hydrogens (primary N) is 1. The van der Waals surface area contributed by atoms with Crippen LogP contribution in [0, 0.1) is 0 Å². The molecule has 1 atom stereocenters. The van der Waals surface area contributed by atoms with Gasteiger partial charge >= 0.3 is 0 Å². The predicted molar refractivity (Wildman–Crippen MR) is 69.0 cm³/mol. The topological polar surface area (TPSA) is 56.0 Å². The van der Waals surface area contributed by atoms with E-state index in [0.717, 1.165) is 10.4 Å². The van der Waals surface area contributed by atoms with Crippen molar-refractivity contribution in [2.75, 3.05) is 5.73 Å². The van der Waals surface area contributed by atoms with Gasteiger partial charge in [0.15, 0.2) is 5.78 Å². The average Bonchev–Trinajstić information content (AvgIpc) is 2.80. The van der Waals surface area contributed by atoms with Gasteiger partial charge < -0.3 is 5.73 Å². The summed E-state index contributed by atoms with van der Waals surface area (Å²) in [6.07, 6.45) is 1.60. The van der Waals surface area contributed by atoms with E-state index >= 15 is 0 Å². The smallest absolute Gasteiger partial charge is 0.190 e. The predicted octanol–water partition coefficient (Wildman–Crippen LogP) is 3.04. The first-order valence-corrected chi connectivity index (χ1v) is 6.41. The first-order valence-electron chi connectivity index (χ1n) is 4.61. The molecule has 2 N–H and O–H groups in total. The number of ketones is 1. The van der Waals surface area contributed by atoms with E-state index in [1.54, 1.807) is 18.3 Å². The Morgan fingerprint density at radius 3 is 2.94 bits per heavy atom. The molecule has 2 aromatic rings. The molecule has 82 valence electrons. The van der Waals surface area contributed by atoms with E-state index in [1.807, 2.05) is 17.5 Å². The first-order chi connectivity index (χ1) is 7.68. The number of carbonyl (C=O) groups is 1. The van der Waals surface area contributed by atoms with Crippen LogP contribution < -0.4 is 5.73 Å². The second-order valence-corrected chi connectivity index (χ2v) is 5.08. The Bertz CT molecular complexity index is 498. The van der Waals surface area contributed by atoms with Crippen molar-refractivity contribution < 1.29 is 4.79 Å². The van der Waals surface area contributed by atoms with Crippen molar-refractivity contribution in [2.45, 2.75) is 4.83 Å².